The summed E-state index contributed by atoms with van der Waals surface area (Å²) in [6.45, 7) is 3.64. The monoisotopic (exact) mass is 278 g/mol. The summed E-state index contributed by atoms with van der Waals surface area (Å²) in [5, 5.41) is 3.32. The third-order valence-corrected chi connectivity index (χ3v) is 4.34. The number of hydrogen-bond donors (Lipinski definition) is 2. The summed E-state index contributed by atoms with van der Waals surface area (Å²) in [6, 6.07) is 4.26. The molecule has 3 nitrogen and oxygen atoms in total. The lowest BCUT2D eigenvalue weighted by atomic mass is 9.80. The van der Waals surface area contributed by atoms with Crippen molar-refractivity contribution in [3.63, 3.8) is 0 Å². The van der Waals surface area contributed by atoms with Gasteiger partial charge >= 0.3 is 0 Å². The van der Waals surface area contributed by atoms with Gasteiger partial charge in [0.25, 0.3) is 0 Å². The van der Waals surface area contributed by atoms with Gasteiger partial charge in [-0.2, -0.15) is 0 Å². The van der Waals surface area contributed by atoms with Crippen LogP contribution in [0.4, 0.5) is 4.39 Å². The van der Waals surface area contributed by atoms with Gasteiger partial charge in [0, 0.05) is 17.7 Å². The molecule has 1 fully saturated rings. The van der Waals surface area contributed by atoms with Gasteiger partial charge in [0.15, 0.2) is 0 Å². The van der Waals surface area contributed by atoms with E-state index >= 15 is 0 Å². The standard InChI is InChI=1S/C16H23FN2O/c1-11-4-2-3-5-13(11)9-19-10-14-8-12(16(18)20)6-7-15(14)17/h6-8,11,13,19H,2-5,9-10H2,1H3,(H2,18,20). The third kappa shape index (κ3) is 3.79. The lowest BCUT2D eigenvalue weighted by Crippen LogP contribution is -2.29. The zero-order chi connectivity index (χ0) is 14.5. The molecule has 2 atom stereocenters. The molecule has 0 aliphatic heterocycles. The van der Waals surface area contributed by atoms with Crippen LogP contribution in [0.5, 0.6) is 0 Å². The van der Waals surface area contributed by atoms with Crippen molar-refractivity contribution in [2.24, 2.45) is 17.6 Å². The highest BCUT2D eigenvalue weighted by Gasteiger charge is 2.20. The molecule has 0 radical (unpaired) electrons. The molecule has 4 heteroatoms. The molecule has 0 spiro atoms. The van der Waals surface area contributed by atoms with E-state index in [-0.39, 0.29) is 5.82 Å². The zero-order valence-corrected chi connectivity index (χ0v) is 12.0. The number of carbonyl (C=O) groups is 1. The molecule has 2 unspecified atom stereocenters. The first-order valence-corrected chi connectivity index (χ1v) is 7.37. The first kappa shape index (κ1) is 15.0. The normalized spacial score (nSPS) is 22.7. The van der Waals surface area contributed by atoms with E-state index in [2.05, 4.69) is 12.2 Å². The summed E-state index contributed by atoms with van der Waals surface area (Å²) in [5.74, 6) is 0.593. The Labute approximate surface area is 119 Å². The molecular weight excluding hydrogens is 255 g/mol. The fourth-order valence-electron chi connectivity index (χ4n) is 2.95. The Morgan fingerprint density at radius 1 is 1.40 bits per heavy atom. The molecule has 3 N–H and O–H groups in total. The minimum Gasteiger partial charge on any atom is -0.366 e. The maximum absolute atomic E-state index is 13.7. The zero-order valence-electron chi connectivity index (χ0n) is 12.0. The van der Waals surface area contributed by atoms with E-state index in [0.717, 1.165) is 12.5 Å². The summed E-state index contributed by atoms with van der Waals surface area (Å²) in [6.07, 6.45) is 5.16. The Morgan fingerprint density at radius 3 is 2.85 bits per heavy atom. The molecule has 20 heavy (non-hydrogen) atoms. The van der Waals surface area contributed by atoms with Crippen LogP contribution < -0.4 is 11.1 Å². The first-order valence-electron chi connectivity index (χ1n) is 7.37. The van der Waals surface area contributed by atoms with Crippen LogP contribution in [-0.2, 0) is 6.54 Å². The number of primary amides is 1. The lowest BCUT2D eigenvalue weighted by Gasteiger charge is -2.28. The van der Waals surface area contributed by atoms with E-state index in [4.69, 9.17) is 5.73 Å². The van der Waals surface area contributed by atoms with Gasteiger partial charge in [-0.05, 0) is 43.0 Å². The molecule has 1 saturated carbocycles. The predicted octanol–water partition coefficient (Wildman–Crippen LogP) is 2.84. The van der Waals surface area contributed by atoms with Gasteiger partial charge < -0.3 is 11.1 Å². The minimum atomic E-state index is -0.521. The van der Waals surface area contributed by atoms with Gasteiger partial charge in [-0.15, -0.1) is 0 Å². The molecule has 2 rings (SSSR count). The van der Waals surface area contributed by atoms with Crippen LogP contribution >= 0.6 is 0 Å². The predicted molar refractivity (Wildman–Crippen MR) is 77.7 cm³/mol. The number of benzene rings is 1. The summed E-state index contributed by atoms with van der Waals surface area (Å²) < 4.78 is 13.7. The largest absolute Gasteiger partial charge is 0.366 e. The Kier molecular flexibility index (Phi) is 5.12. The van der Waals surface area contributed by atoms with Gasteiger partial charge in [0.2, 0.25) is 5.91 Å². The van der Waals surface area contributed by atoms with Crippen LogP contribution in [-0.4, -0.2) is 12.5 Å². The second-order valence-corrected chi connectivity index (χ2v) is 5.82. The Hall–Kier alpha value is -1.42. The first-order chi connectivity index (χ1) is 9.58. The van der Waals surface area contributed by atoms with Crippen molar-refractivity contribution in [2.45, 2.75) is 39.2 Å². The second kappa shape index (κ2) is 6.84. The van der Waals surface area contributed by atoms with Gasteiger partial charge in [-0.3, -0.25) is 4.79 Å². The fraction of sp³-hybridized carbons (Fsp3) is 0.562. The van der Waals surface area contributed by atoms with Crippen LogP contribution in [0.2, 0.25) is 0 Å². The Balaban J connectivity index is 1.90. The third-order valence-electron chi connectivity index (χ3n) is 4.34. The summed E-state index contributed by atoms with van der Waals surface area (Å²) in [5.41, 5.74) is 6.07. The van der Waals surface area contributed by atoms with E-state index in [0.29, 0.717) is 23.6 Å². The highest BCUT2D eigenvalue weighted by atomic mass is 19.1. The van der Waals surface area contributed by atoms with Crippen LogP contribution in [0.1, 0.15) is 48.5 Å². The molecule has 0 heterocycles. The average molecular weight is 278 g/mol. The lowest BCUT2D eigenvalue weighted by molar-refractivity contribution is 0.1000. The topological polar surface area (TPSA) is 55.1 Å². The van der Waals surface area contributed by atoms with E-state index in [9.17, 15) is 9.18 Å². The molecule has 110 valence electrons. The molecule has 1 aromatic rings. The number of carbonyl (C=O) groups excluding carboxylic acids is 1. The van der Waals surface area contributed by atoms with Crippen LogP contribution in [0, 0.1) is 17.7 Å². The second-order valence-electron chi connectivity index (χ2n) is 5.82. The molecule has 1 aliphatic rings. The van der Waals surface area contributed by atoms with Crippen molar-refractivity contribution in [1.82, 2.24) is 5.32 Å². The van der Waals surface area contributed by atoms with Crippen molar-refractivity contribution in [1.29, 1.82) is 0 Å². The number of amides is 1. The van der Waals surface area contributed by atoms with Crippen molar-refractivity contribution in [3.8, 4) is 0 Å². The number of nitrogens with two attached hydrogens (primary N) is 1. The number of nitrogens with one attached hydrogen (secondary N) is 1. The minimum absolute atomic E-state index is 0.292. The van der Waals surface area contributed by atoms with Crippen molar-refractivity contribution in [3.05, 3.63) is 35.1 Å². The van der Waals surface area contributed by atoms with Crippen molar-refractivity contribution < 1.29 is 9.18 Å². The van der Waals surface area contributed by atoms with E-state index in [1.165, 1.54) is 43.9 Å². The van der Waals surface area contributed by atoms with E-state index in [1.807, 2.05) is 0 Å². The van der Waals surface area contributed by atoms with E-state index in [1.54, 1.807) is 0 Å². The fourth-order valence-corrected chi connectivity index (χ4v) is 2.95. The molecule has 0 aromatic heterocycles. The van der Waals surface area contributed by atoms with Gasteiger partial charge in [-0.1, -0.05) is 26.2 Å². The Bertz CT molecular complexity index is 476. The molecule has 1 aromatic carbocycles. The summed E-state index contributed by atoms with van der Waals surface area (Å²) in [4.78, 5) is 11.1. The highest BCUT2D eigenvalue weighted by Crippen LogP contribution is 2.28. The summed E-state index contributed by atoms with van der Waals surface area (Å²) in [7, 11) is 0. The van der Waals surface area contributed by atoms with Gasteiger partial charge in [0.1, 0.15) is 5.82 Å². The maximum atomic E-state index is 13.7. The van der Waals surface area contributed by atoms with Crippen molar-refractivity contribution >= 4 is 5.91 Å². The number of halogens is 1. The molecule has 1 aliphatic carbocycles. The Morgan fingerprint density at radius 2 is 2.15 bits per heavy atom. The molecule has 0 bridgehead atoms. The van der Waals surface area contributed by atoms with Gasteiger partial charge in [0.05, 0.1) is 0 Å². The van der Waals surface area contributed by atoms with Gasteiger partial charge in [-0.25, -0.2) is 4.39 Å². The maximum Gasteiger partial charge on any atom is 0.248 e. The van der Waals surface area contributed by atoms with Crippen LogP contribution in [0.15, 0.2) is 18.2 Å². The van der Waals surface area contributed by atoms with E-state index < -0.39 is 5.91 Å². The molecular formula is C16H23FN2O. The number of rotatable bonds is 5. The molecule has 0 saturated heterocycles. The molecule has 1 amide bonds. The van der Waals surface area contributed by atoms with Crippen LogP contribution in [0.3, 0.4) is 0 Å². The quantitative estimate of drug-likeness (QED) is 0.870. The smallest absolute Gasteiger partial charge is 0.248 e. The average Bonchev–Trinajstić information content (AvgIpc) is 2.42. The summed E-state index contributed by atoms with van der Waals surface area (Å²) >= 11 is 0. The SMILES string of the molecule is CC1CCCCC1CNCc1cc(C(N)=O)ccc1F. The van der Waals surface area contributed by atoms with Crippen molar-refractivity contribution in [2.75, 3.05) is 6.54 Å². The highest BCUT2D eigenvalue weighted by molar-refractivity contribution is 5.92. The van der Waals surface area contributed by atoms with Crippen LogP contribution in [0.25, 0.3) is 0 Å². The number of hydrogen-bond acceptors (Lipinski definition) is 2.